The summed E-state index contributed by atoms with van der Waals surface area (Å²) in [6.07, 6.45) is 2.23. The van der Waals surface area contributed by atoms with E-state index in [-0.39, 0.29) is 17.2 Å². The van der Waals surface area contributed by atoms with Gasteiger partial charge in [-0.3, -0.25) is 4.79 Å². The summed E-state index contributed by atoms with van der Waals surface area (Å²) in [6, 6.07) is 6.07. The van der Waals surface area contributed by atoms with Crippen LogP contribution < -0.4 is 10.2 Å². The third-order valence-electron chi connectivity index (χ3n) is 4.65. The molecule has 1 amide bonds. The van der Waals surface area contributed by atoms with E-state index in [1.54, 1.807) is 0 Å². The molecule has 2 unspecified atom stereocenters. The van der Waals surface area contributed by atoms with E-state index in [1.165, 1.54) is 16.8 Å². The van der Waals surface area contributed by atoms with E-state index in [4.69, 9.17) is 0 Å². The normalized spacial score (nSPS) is 22.0. The van der Waals surface area contributed by atoms with E-state index >= 15 is 0 Å². The Morgan fingerprint density at radius 2 is 1.91 bits per heavy atom. The van der Waals surface area contributed by atoms with Crippen molar-refractivity contribution in [3.63, 3.8) is 0 Å². The lowest BCUT2D eigenvalue weighted by atomic mass is 10.1. The van der Waals surface area contributed by atoms with Crippen LogP contribution in [0.3, 0.4) is 0 Å². The number of rotatable bonds is 4. The first kappa shape index (κ1) is 16.6. The van der Waals surface area contributed by atoms with Gasteiger partial charge in [0, 0.05) is 25.5 Å². The summed E-state index contributed by atoms with van der Waals surface area (Å²) in [5, 5.41) is 3.08. The highest BCUT2D eigenvalue weighted by Gasteiger charge is 2.60. The van der Waals surface area contributed by atoms with Gasteiger partial charge in [0.2, 0.25) is 5.91 Å². The van der Waals surface area contributed by atoms with Gasteiger partial charge in [-0.1, -0.05) is 25.5 Å². The molecule has 0 aromatic heterocycles. The summed E-state index contributed by atoms with van der Waals surface area (Å²) in [7, 11) is 4.05. The lowest BCUT2D eigenvalue weighted by molar-refractivity contribution is -0.118. The van der Waals surface area contributed by atoms with Crippen molar-refractivity contribution in [3.8, 4) is 0 Å². The molecule has 22 heavy (non-hydrogen) atoms. The van der Waals surface area contributed by atoms with Gasteiger partial charge in [0.1, 0.15) is 0 Å². The number of nitrogens with zero attached hydrogens (tertiary/aromatic N) is 1. The fourth-order valence-corrected chi connectivity index (χ4v) is 3.30. The lowest BCUT2D eigenvalue weighted by Crippen LogP contribution is -2.17. The molecule has 0 radical (unpaired) electrons. The van der Waals surface area contributed by atoms with Crippen LogP contribution in [0.2, 0.25) is 0 Å². The van der Waals surface area contributed by atoms with Gasteiger partial charge in [0.05, 0.1) is 5.92 Å². The minimum absolute atomic E-state index is 0.0555. The quantitative estimate of drug-likeness (QED) is 0.844. The molecule has 0 heterocycles. The van der Waals surface area contributed by atoms with Crippen LogP contribution in [0.5, 0.6) is 0 Å². The molecule has 120 valence electrons. The molecule has 1 aliphatic carbocycles. The van der Waals surface area contributed by atoms with Crippen LogP contribution in [0.4, 0.5) is 11.4 Å². The Labute approximate surface area is 134 Å². The number of amides is 1. The fourth-order valence-electron chi connectivity index (χ4n) is 3.30. The topological polar surface area (TPSA) is 32.3 Å². The molecule has 2 atom stereocenters. The monoisotopic (exact) mass is 300 g/mol. The zero-order valence-electron chi connectivity index (χ0n) is 14.8. The van der Waals surface area contributed by atoms with Gasteiger partial charge in [-0.25, -0.2) is 0 Å². The van der Waals surface area contributed by atoms with Gasteiger partial charge in [-0.15, -0.1) is 0 Å². The zero-order valence-corrected chi connectivity index (χ0v) is 14.8. The highest BCUT2D eigenvalue weighted by atomic mass is 16.2. The van der Waals surface area contributed by atoms with Crippen LogP contribution in [0, 0.1) is 24.2 Å². The first-order valence-electron chi connectivity index (χ1n) is 7.88. The predicted octanol–water partition coefficient (Wildman–Crippen LogP) is 4.24. The minimum Gasteiger partial charge on any atom is -0.377 e. The van der Waals surface area contributed by atoms with Crippen molar-refractivity contribution >= 4 is 17.3 Å². The average molecular weight is 300 g/mol. The maximum Gasteiger partial charge on any atom is 0.228 e. The summed E-state index contributed by atoms with van der Waals surface area (Å²) in [5.41, 5.74) is 4.55. The Bertz CT molecular complexity index is 610. The van der Waals surface area contributed by atoms with Crippen LogP contribution in [0.15, 0.2) is 29.8 Å². The average Bonchev–Trinajstić information content (AvgIpc) is 2.89. The van der Waals surface area contributed by atoms with Gasteiger partial charge < -0.3 is 10.2 Å². The zero-order chi connectivity index (χ0) is 16.7. The molecule has 0 bridgehead atoms. The molecule has 0 spiro atoms. The summed E-state index contributed by atoms with van der Waals surface area (Å²) in [5.74, 6) is 0.542. The first-order valence-corrected chi connectivity index (χ1v) is 7.88. The predicted molar refractivity (Wildman–Crippen MR) is 94.3 cm³/mol. The standard InChI is InChI=1S/C19H28N2O/c1-12(2)10-15-17(19(15,4)5)18(22)20-14-8-9-16(21(6)7)13(3)11-14/h8-11,15,17H,1-7H3,(H,20,22). The highest BCUT2D eigenvalue weighted by Crippen LogP contribution is 2.59. The molecule has 1 saturated carbocycles. The van der Waals surface area contributed by atoms with E-state index in [0.717, 1.165) is 5.69 Å². The molecule has 0 saturated heterocycles. The molecule has 0 aliphatic heterocycles. The number of allylic oxidation sites excluding steroid dienone is 2. The SMILES string of the molecule is CC(C)=CC1C(C(=O)Nc2ccc(N(C)C)c(C)c2)C1(C)C. The Kier molecular flexibility index (Phi) is 4.37. The highest BCUT2D eigenvalue weighted by molar-refractivity contribution is 5.96. The lowest BCUT2D eigenvalue weighted by Gasteiger charge is -2.16. The number of hydrogen-bond donors (Lipinski definition) is 1. The molecular weight excluding hydrogens is 272 g/mol. The second-order valence-corrected chi connectivity index (χ2v) is 7.45. The van der Waals surface area contributed by atoms with E-state index in [0.29, 0.717) is 5.92 Å². The molecular formula is C19H28N2O. The largest absolute Gasteiger partial charge is 0.377 e. The summed E-state index contributed by atoms with van der Waals surface area (Å²) < 4.78 is 0. The van der Waals surface area contributed by atoms with E-state index in [1.807, 2.05) is 26.2 Å². The minimum atomic E-state index is 0.0555. The van der Waals surface area contributed by atoms with Crippen molar-refractivity contribution in [1.29, 1.82) is 0 Å². The van der Waals surface area contributed by atoms with E-state index in [9.17, 15) is 4.79 Å². The Hall–Kier alpha value is -1.77. The second-order valence-electron chi connectivity index (χ2n) is 7.45. The Morgan fingerprint density at radius 1 is 1.27 bits per heavy atom. The number of nitrogens with one attached hydrogen (secondary N) is 1. The smallest absolute Gasteiger partial charge is 0.228 e. The van der Waals surface area contributed by atoms with Crippen molar-refractivity contribution < 1.29 is 4.79 Å². The van der Waals surface area contributed by atoms with Crippen LogP contribution in [-0.4, -0.2) is 20.0 Å². The first-order chi connectivity index (χ1) is 10.1. The van der Waals surface area contributed by atoms with Crippen molar-refractivity contribution in [2.24, 2.45) is 17.3 Å². The molecule has 1 aromatic carbocycles. The van der Waals surface area contributed by atoms with E-state index < -0.39 is 0 Å². The maximum atomic E-state index is 12.6. The van der Waals surface area contributed by atoms with Crippen molar-refractivity contribution in [2.45, 2.75) is 34.6 Å². The molecule has 1 aromatic rings. The van der Waals surface area contributed by atoms with Crippen molar-refractivity contribution in [1.82, 2.24) is 0 Å². The van der Waals surface area contributed by atoms with Crippen LogP contribution in [-0.2, 0) is 4.79 Å². The molecule has 2 rings (SSSR count). The van der Waals surface area contributed by atoms with Crippen molar-refractivity contribution in [2.75, 3.05) is 24.3 Å². The summed E-state index contributed by atoms with van der Waals surface area (Å²) in [4.78, 5) is 14.6. The molecule has 1 N–H and O–H groups in total. The number of benzene rings is 1. The molecule has 3 nitrogen and oxygen atoms in total. The van der Waals surface area contributed by atoms with Crippen LogP contribution >= 0.6 is 0 Å². The van der Waals surface area contributed by atoms with Gasteiger partial charge in [-0.2, -0.15) is 0 Å². The number of anilines is 2. The maximum absolute atomic E-state index is 12.6. The Balaban J connectivity index is 2.10. The van der Waals surface area contributed by atoms with Gasteiger partial charge in [-0.05, 0) is 55.9 Å². The van der Waals surface area contributed by atoms with E-state index in [2.05, 4.69) is 57.0 Å². The number of hydrogen-bond acceptors (Lipinski definition) is 2. The van der Waals surface area contributed by atoms with Crippen LogP contribution in [0.1, 0.15) is 33.3 Å². The number of aryl methyl sites for hydroxylation is 1. The third-order valence-corrected chi connectivity index (χ3v) is 4.65. The van der Waals surface area contributed by atoms with Gasteiger partial charge in [0.25, 0.3) is 0 Å². The molecule has 3 heteroatoms. The number of carbonyl (C=O) groups excluding carboxylic acids is 1. The van der Waals surface area contributed by atoms with Crippen LogP contribution in [0.25, 0.3) is 0 Å². The summed E-state index contributed by atoms with van der Waals surface area (Å²) >= 11 is 0. The van der Waals surface area contributed by atoms with Gasteiger partial charge >= 0.3 is 0 Å². The van der Waals surface area contributed by atoms with Gasteiger partial charge in [0.15, 0.2) is 0 Å². The Morgan fingerprint density at radius 3 is 2.41 bits per heavy atom. The second kappa shape index (κ2) is 5.79. The molecule has 1 aliphatic rings. The number of carbonyl (C=O) groups is 1. The molecule has 1 fully saturated rings. The summed E-state index contributed by atoms with van der Waals surface area (Å²) in [6.45, 7) is 10.6. The fraction of sp³-hybridized carbons (Fsp3) is 0.526. The third kappa shape index (κ3) is 3.18. The van der Waals surface area contributed by atoms with Crippen molar-refractivity contribution in [3.05, 3.63) is 35.4 Å².